The van der Waals surface area contributed by atoms with E-state index in [0.29, 0.717) is 18.0 Å². The molecular formula is C28H37FN2O3. The molecule has 0 bridgehead atoms. The lowest BCUT2D eigenvalue weighted by Gasteiger charge is -2.37. The number of amides is 1. The molecule has 1 aliphatic carbocycles. The summed E-state index contributed by atoms with van der Waals surface area (Å²) in [7, 11) is 1.85. The van der Waals surface area contributed by atoms with Crippen molar-refractivity contribution in [3.8, 4) is 0 Å². The Morgan fingerprint density at radius 1 is 1.06 bits per heavy atom. The van der Waals surface area contributed by atoms with Crippen LogP contribution in [0.3, 0.4) is 0 Å². The number of aryl methyl sites for hydroxylation is 1. The SMILES string of the molecule is CNc1c(C(=O)OC(C)(C)C)ccc(C)c1C1CCC(N(Cc2ccc(F)cc2)C(C)=O)CC1. The molecule has 0 aromatic heterocycles. The van der Waals surface area contributed by atoms with Crippen LogP contribution in [0.5, 0.6) is 0 Å². The van der Waals surface area contributed by atoms with Gasteiger partial charge in [0.25, 0.3) is 0 Å². The molecular weight excluding hydrogens is 431 g/mol. The van der Waals surface area contributed by atoms with Crippen LogP contribution in [-0.2, 0) is 16.1 Å². The zero-order valence-corrected chi connectivity index (χ0v) is 21.2. The number of hydrogen-bond acceptors (Lipinski definition) is 4. The maximum atomic E-state index is 13.3. The van der Waals surface area contributed by atoms with E-state index in [2.05, 4.69) is 12.2 Å². The number of ether oxygens (including phenoxy) is 1. The van der Waals surface area contributed by atoms with Gasteiger partial charge in [-0.15, -0.1) is 0 Å². The molecule has 0 aliphatic heterocycles. The normalized spacial score (nSPS) is 18.3. The van der Waals surface area contributed by atoms with Gasteiger partial charge in [0.1, 0.15) is 11.4 Å². The molecule has 0 unspecified atom stereocenters. The second kappa shape index (κ2) is 10.6. The van der Waals surface area contributed by atoms with Gasteiger partial charge < -0.3 is 15.0 Å². The Kier molecular flexibility index (Phi) is 8.01. The van der Waals surface area contributed by atoms with E-state index in [1.165, 1.54) is 12.1 Å². The van der Waals surface area contributed by atoms with E-state index in [4.69, 9.17) is 4.74 Å². The van der Waals surface area contributed by atoms with Gasteiger partial charge in [-0.25, -0.2) is 9.18 Å². The fourth-order valence-electron chi connectivity index (χ4n) is 4.98. The fourth-order valence-corrected chi connectivity index (χ4v) is 4.98. The molecule has 34 heavy (non-hydrogen) atoms. The summed E-state index contributed by atoms with van der Waals surface area (Å²) in [5.74, 6) is -0.274. The van der Waals surface area contributed by atoms with Crippen LogP contribution in [0.25, 0.3) is 0 Å². The van der Waals surface area contributed by atoms with Crippen LogP contribution in [0.1, 0.15) is 86.3 Å². The number of anilines is 1. The van der Waals surface area contributed by atoms with Gasteiger partial charge in [-0.3, -0.25) is 4.79 Å². The first-order valence-corrected chi connectivity index (χ1v) is 12.1. The predicted octanol–water partition coefficient (Wildman–Crippen LogP) is 6.21. The van der Waals surface area contributed by atoms with Crippen molar-refractivity contribution in [1.29, 1.82) is 0 Å². The minimum absolute atomic E-state index is 0.0341. The van der Waals surface area contributed by atoms with Crippen molar-refractivity contribution in [2.45, 2.75) is 84.4 Å². The number of carbonyl (C=O) groups excluding carboxylic acids is 2. The molecule has 6 heteroatoms. The first kappa shape index (κ1) is 25.7. The Bertz CT molecular complexity index is 1020. The maximum absolute atomic E-state index is 13.3. The largest absolute Gasteiger partial charge is 0.456 e. The highest BCUT2D eigenvalue weighted by Crippen LogP contribution is 2.41. The summed E-state index contributed by atoms with van der Waals surface area (Å²) >= 11 is 0. The number of nitrogens with zero attached hydrogens (tertiary/aromatic N) is 1. The van der Waals surface area contributed by atoms with Gasteiger partial charge in [0.2, 0.25) is 5.91 Å². The molecule has 1 saturated carbocycles. The molecule has 0 radical (unpaired) electrons. The molecule has 0 spiro atoms. The number of hydrogen-bond donors (Lipinski definition) is 1. The Hall–Kier alpha value is -2.89. The van der Waals surface area contributed by atoms with E-state index in [9.17, 15) is 14.0 Å². The van der Waals surface area contributed by atoms with Crippen molar-refractivity contribution >= 4 is 17.6 Å². The third kappa shape index (κ3) is 6.16. The van der Waals surface area contributed by atoms with Crippen LogP contribution >= 0.6 is 0 Å². The molecule has 2 aromatic carbocycles. The number of nitrogens with one attached hydrogen (secondary N) is 1. The number of rotatable bonds is 6. The second-order valence-electron chi connectivity index (χ2n) is 10.2. The molecule has 1 N–H and O–H groups in total. The van der Waals surface area contributed by atoms with Crippen LogP contribution in [0.15, 0.2) is 36.4 Å². The second-order valence-corrected chi connectivity index (χ2v) is 10.2. The van der Waals surface area contributed by atoms with Crippen LogP contribution < -0.4 is 5.32 Å². The van der Waals surface area contributed by atoms with E-state index in [1.54, 1.807) is 19.1 Å². The molecule has 1 amide bonds. The van der Waals surface area contributed by atoms with Crippen LogP contribution in [0.2, 0.25) is 0 Å². The van der Waals surface area contributed by atoms with Crippen molar-refractivity contribution in [2.75, 3.05) is 12.4 Å². The van der Waals surface area contributed by atoms with E-state index in [0.717, 1.165) is 48.1 Å². The van der Waals surface area contributed by atoms with E-state index in [1.807, 2.05) is 44.9 Å². The average Bonchev–Trinajstić information content (AvgIpc) is 2.77. The van der Waals surface area contributed by atoms with Gasteiger partial charge >= 0.3 is 5.97 Å². The smallest absolute Gasteiger partial charge is 0.340 e. The average molecular weight is 469 g/mol. The summed E-state index contributed by atoms with van der Waals surface area (Å²) in [6.07, 6.45) is 3.60. The monoisotopic (exact) mass is 468 g/mol. The van der Waals surface area contributed by atoms with Gasteiger partial charge in [-0.2, -0.15) is 0 Å². The van der Waals surface area contributed by atoms with Crippen LogP contribution in [0, 0.1) is 12.7 Å². The molecule has 0 atom stereocenters. The van der Waals surface area contributed by atoms with E-state index < -0.39 is 5.60 Å². The number of benzene rings is 2. The van der Waals surface area contributed by atoms with Crippen molar-refractivity contribution in [2.24, 2.45) is 0 Å². The lowest BCUT2D eigenvalue weighted by atomic mass is 9.78. The minimum Gasteiger partial charge on any atom is -0.456 e. The highest BCUT2D eigenvalue weighted by Gasteiger charge is 2.31. The van der Waals surface area contributed by atoms with Crippen molar-refractivity contribution in [3.63, 3.8) is 0 Å². The first-order chi connectivity index (χ1) is 16.0. The van der Waals surface area contributed by atoms with Gasteiger partial charge in [0.15, 0.2) is 0 Å². The highest BCUT2D eigenvalue weighted by atomic mass is 19.1. The summed E-state index contributed by atoms with van der Waals surface area (Å²) in [5, 5.41) is 3.26. The molecule has 2 aromatic rings. The van der Waals surface area contributed by atoms with Gasteiger partial charge in [0.05, 0.1) is 11.3 Å². The molecule has 0 saturated heterocycles. The van der Waals surface area contributed by atoms with Crippen LogP contribution in [-0.4, -0.2) is 35.5 Å². The Balaban J connectivity index is 1.78. The zero-order chi connectivity index (χ0) is 25.0. The lowest BCUT2D eigenvalue weighted by Crippen LogP contribution is -2.40. The number of halogens is 1. The minimum atomic E-state index is -0.564. The Morgan fingerprint density at radius 2 is 1.68 bits per heavy atom. The lowest BCUT2D eigenvalue weighted by molar-refractivity contribution is -0.132. The highest BCUT2D eigenvalue weighted by molar-refractivity contribution is 5.97. The summed E-state index contributed by atoms with van der Waals surface area (Å²) in [4.78, 5) is 27.2. The molecule has 5 nitrogen and oxygen atoms in total. The molecule has 3 rings (SSSR count). The van der Waals surface area contributed by atoms with Crippen molar-refractivity contribution < 1.29 is 18.7 Å². The predicted molar refractivity (Wildman–Crippen MR) is 134 cm³/mol. The standard InChI is InChI=1S/C28H37FN2O3/c1-18-7-16-24(27(33)34-28(3,4)5)26(30-6)25(18)21-10-14-23(15-11-21)31(19(2)32)17-20-8-12-22(29)13-9-20/h7-9,12-13,16,21,23,30H,10-11,14-15,17H2,1-6H3. The number of esters is 1. The van der Waals surface area contributed by atoms with Gasteiger partial charge in [-0.1, -0.05) is 18.2 Å². The zero-order valence-electron chi connectivity index (χ0n) is 21.2. The van der Waals surface area contributed by atoms with Crippen LogP contribution in [0.4, 0.5) is 10.1 Å². The van der Waals surface area contributed by atoms with E-state index >= 15 is 0 Å². The van der Waals surface area contributed by atoms with Gasteiger partial charge in [-0.05, 0) is 94.2 Å². The summed E-state index contributed by atoms with van der Waals surface area (Å²) in [5.41, 5.74) is 4.07. The quantitative estimate of drug-likeness (QED) is 0.513. The van der Waals surface area contributed by atoms with Crippen molar-refractivity contribution in [3.05, 3.63) is 64.5 Å². The summed E-state index contributed by atoms with van der Waals surface area (Å²) in [6.45, 7) is 9.77. The number of carbonyl (C=O) groups is 2. The maximum Gasteiger partial charge on any atom is 0.340 e. The van der Waals surface area contributed by atoms with Gasteiger partial charge in [0, 0.05) is 26.6 Å². The molecule has 184 valence electrons. The Morgan fingerprint density at radius 3 is 2.21 bits per heavy atom. The summed E-state index contributed by atoms with van der Waals surface area (Å²) in [6, 6.07) is 10.3. The fraction of sp³-hybridized carbons (Fsp3) is 0.500. The molecule has 0 heterocycles. The Labute approximate surface area is 202 Å². The molecule has 1 fully saturated rings. The third-order valence-electron chi connectivity index (χ3n) is 6.55. The first-order valence-electron chi connectivity index (χ1n) is 12.1. The summed E-state index contributed by atoms with van der Waals surface area (Å²) < 4.78 is 18.9. The van der Waals surface area contributed by atoms with E-state index in [-0.39, 0.29) is 23.7 Å². The topological polar surface area (TPSA) is 58.6 Å². The molecule has 1 aliphatic rings. The van der Waals surface area contributed by atoms with Crippen molar-refractivity contribution in [1.82, 2.24) is 4.90 Å². The third-order valence-corrected chi connectivity index (χ3v) is 6.55.